The fourth-order valence-corrected chi connectivity index (χ4v) is 4.83. The summed E-state index contributed by atoms with van der Waals surface area (Å²) in [6.45, 7) is 1.27. The first-order valence-electron chi connectivity index (χ1n) is 9.17. The number of carbonyl (C=O) groups excluding carboxylic acids is 3. The average Bonchev–Trinajstić information content (AvgIpc) is 3.39. The zero-order valence-electron chi connectivity index (χ0n) is 16.0. The fourth-order valence-electron chi connectivity index (χ4n) is 3.54. The Morgan fingerprint density at radius 3 is 2.72 bits per heavy atom. The molecule has 3 aromatic rings. The Kier molecular flexibility index (Phi) is 5.10. The molecule has 1 aromatic carbocycles. The molecule has 1 amide bonds. The van der Waals surface area contributed by atoms with Gasteiger partial charge in [0.15, 0.2) is 6.61 Å². The Hall–Kier alpha value is -3.13. The third-order valence-corrected chi connectivity index (χ3v) is 6.13. The summed E-state index contributed by atoms with van der Waals surface area (Å²) in [4.78, 5) is 37.9. The first-order valence-corrected chi connectivity index (χ1v) is 9.99. The van der Waals surface area contributed by atoms with Crippen LogP contribution in [0.5, 0.6) is 0 Å². The SMILES string of the molecule is COC(=O)c1c(NC(=O)COC(=O)c2oc3ccccc3c2C)sc2c1CCC2. The second kappa shape index (κ2) is 7.71. The number of methoxy groups -OCH3 is 1. The highest BCUT2D eigenvalue weighted by Gasteiger charge is 2.28. The molecule has 1 aliphatic carbocycles. The molecule has 4 rings (SSSR count). The second-order valence-corrected chi connectivity index (χ2v) is 7.83. The number of rotatable bonds is 5. The number of esters is 2. The number of anilines is 1. The van der Waals surface area contributed by atoms with Crippen molar-refractivity contribution in [3.8, 4) is 0 Å². The van der Waals surface area contributed by atoms with E-state index < -0.39 is 24.5 Å². The molecular formula is C21H19NO6S. The third-order valence-electron chi connectivity index (χ3n) is 4.93. The highest BCUT2D eigenvalue weighted by atomic mass is 32.1. The van der Waals surface area contributed by atoms with E-state index in [2.05, 4.69) is 5.32 Å². The van der Waals surface area contributed by atoms with E-state index in [9.17, 15) is 14.4 Å². The molecule has 150 valence electrons. The molecule has 1 N–H and O–H groups in total. The number of para-hydroxylation sites is 1. The van der Waals surface area contributed by atoms with E-state index >= 15 is 0 Å². The predicted octanol–water partition coefficient (Wildman–Crippen LogP) is 3.87. The summed E-state index contributed by atoms with van der Waals surface area (Å²) in [7, 11) is 1.31. The molecule has 2 heterocycles. The number of fused-ring (bicyclic) bond motifs is 2. The van der Waals surface area contributed by atoms with Gasteiger partial charge in [0.25, 0.3) is 5.91 Å². The van der Waals surface area contributed by atoms with Gasteiger partial charge in [-0.25, -0.2) is 9.59 Å². The van der Waals surface area contributed by atoms with E-state index in [0.717, 1.165) is 35.1 Å². The summed E-state index contributed by atoms with van der Waals surface area (Å²) in [5, 5.41) is 3.93. The lowest BCUT2D eigenvalue weighted by Crippen LogP contribution is -2.21. The number of hydrogen-bond acceptors (Lipinski definition) is 7. The Bertz CT molecular complexity index is 1130. The lowest BCUT2D eigenvalue weighted by atomic mass is 10.1. The molecular weight excluding hydrogens is 394 g/mol. The third kappa shape index (κ3) is 3.51. The van der Waals surface area contributed by atoms with Crippen molar-refractivity contribution in [3.05, 3.63) is 51.6 Å². The Labute approximate surface area is 170 Å². The molecule has 0 spiro atoms. The van der Waals surface area contributed by atoms with Crippen molar-refractivity contribution < 1.29 is 28.3 Å². The number of hydrogen-bond donors (Lipinski definition) is 1. The number of thiophene rings is 1. The van der Waals surface area contributed by atoms with Crippen LogP contribution in [0.1, 0.15) is 43.3 Å². The highest BCUT2D eigenvalue weighted by molar-refractivity contribution is 7.17. The maximum atomic E-state index is 12.4. The van der Waals surface area contributed by atoms with Gasteiger partial charge in [-0.15, -0.1) is 11.3 Å². The standard InChI is InChI=1S/C21H19NO6S/c1-11-12-6-3-4-8-14(12)28-18(11)21(25)27-10-16(23)22-19-17(20(24)26-2)13-7-5-9-15(13)29-19/h3-4,6,8H,5,7,9-10H2,1-2H3,(H,22,23). The number of aryl methyl sites for hydroxylation is 2. The summed E-state index contributed by atoms with van der Waals surface area (Å²) in [5.41, 5.74) is 2.58. The van der Waals surface area contributed by atoms with E-state index in [-0.39, 0.29) is 5.76 Å². The molecule has 2 aromatic heterocycles. The van der Waals surface area contributed by atoms with Crippen LogP contribution in [0.2, 0.25) is 0 Å². The molecule has 0 bridgehead atoms. The van der Waals surface area contributed by atoms with Crippen LogP contribution in [0, 0.1) is 6.92 Å². The largest absolute Gasteiger partial charge is 0.465 e. The quantitative estimate of drug-likeness (QED) is 0.638. The normalized spacial score (nSPS) is 12.6. The maximum Gasteiger partial charge on any atom is 0.375 e. The van der Waals surface area contributed by atoms with Gasteiger partial charge in [-0.2, -0.15) is 0 Å². The smallest absolute Gasteiger partial charge is 0.375 e. The maximum absolute atomic E-state index is 12.4. The van der Waals surface area contributed by atoms with Crippen molar-refractivity contribution in [1.82, 2.24) is 0 Å². The highest BCUT2D eigenvalue weighted by Crippen LogP contribution is 2.39. The molecule has 7 nitrogen and oxygen atoms in total. The van der Waals surface area contributed by atoms with Crippen LogP contribution in [0.3, 0.4) is 0 Å². The van der Waals surface area contributed by atoms with Crippen LogP contribution in [-0.4, -0.2) is 31.6 Å². The summed E-state index contributed by atoms with van der Waals surface area (Å²) in [6.07, 6.45) is 2.64. The summed E-state index contributed by atoms with van der Waals surface area (Å²) >= 11 is 1.36. The van der Waals surface area contributed by atoms with Crippen molar-refractivity contribution in [2.24, 2.45) is 0 Å². The Morgan fingerprint density at radius 1 is 1.17 bits per heavy atom. The molecule has 8 heteroatoms. The van der Waals surface area contributed by atoms with Gasteiger partial charge in [0.05, 0.1) is 12.7 Å². The Balaban J connectivity index is 1.45. The van der Waals surface area contributed by atoms with Crippen LogP contribution < -0.4 is 5.32 Å². The molecule has 1 aliphatic rings. The number of benzene rings is 1. The minimum atomic E-state index is -0.712. The number of nitrogens with one attached hydrogen (secondary N) is 1. The van der Waals surface area contributed by atoms with Crippen molar-refractivity contribution in [3.63, 3.8) is 0 Å². The number of ether oxygens (including phenoxy) is 2. The fraction of sp³-hybridized carbons (Fsp3) is 0.286. The van der Waals surface area contributed by atoms with Crippen molar-refractivity contribution in [1.29, 1.82) is 0 Å². The van der Waals surface area contributed by atoms with Crippen molar-refractivity contribution in [2.45, 2.75) is 26.2 Å². The number of carbonyl (C=O) groups is 3. The molecule has 0 radical (unpaired) electrons. The lowest BCUT2D eigenvalue weighted by molar-refractivity contribution is -0.119. The topological polar surface area (TPSA) is 94.8 Å². The first kappa shape index (κ1) is 19.2. The van der Waals surface area contributed by atoms with Gasteiger partial charge in [0.1, 0.15) is 10.6 Å². The summed E-state index contributed by atoms with van der Waals surface area (Å²) in [6, 6.07) is 7.27. The van der Waals surface area contributed by atoms with E-state index in [0.29, 0.717) is 21.7 Å². The molecule has 0 fully saturated rings. The molecule has 0 saturated carbocycles. The second-order valence-electron chi connectivity index (χ2n) is 6.73. The minimum Gasteiger partial charge on any atom is -0.465 e. The van der Waals surface area contributed by atoms with Gasteiger partial charge in [-0.1, -0.05) is 18.2 Å². The van der Waals surface area contributed by atoms with Crippen molar-refractivity contribution >= 4 is 45.2 Å². The Morgan fingerprint density at radius 2 is 1.97 bits per heavy atom. The van der Waals surface area contributed by atoms with E-state index in [1.165, 1.54) is 18.4 Å². The van der Waals surface area contributed by atoms with Crippen LogP contribution in [0.4, 0.5) is 5.00 Å². The van der Waals surface area contributed by atoms with Gasteiger partial charge < -0.3 is 19.2 Å². The summed E-state index contributed by atoms with van der Waals surface area (Å²) in [5.74, 6) is -1.65. The summed E-state index contributed by atoms with van der Waals surface area (Å²) < 4.78 is 15.5. The van der Waals surface area contributed by atoms with E-state index in [1.807, 2.05) is 18.2 Å². The minimum absolute atomic E-state index is 0.0735. The first-order chi connectivity index (χ1) is 14.0. The zero-order chi connectivity index (χ0) is 20.5. The van der Waals surface area contributed by atoms with E-state index in [4.69, 9.17) is 13.9 Å². The lowest BCUT2D eigenvalue weighted by Gasteiger charge is -2.07. The molecule has 0 aliphatic heterocycles. The number of furan rings is 1. The van der Waals surface area contributed by atoms with Gasteiger partial charge in [0.2, 0.25) is 5.76 Å². The number of amides is 1. The molecule has 0 saturated heterocycles. The van der Waals surface area contributed by atoms with Crippen LogP contribution >= 0.6 is 11.3 Å². The predicted molar refractivity (Wildman–Crippen MR) is 108 cm³/mol. The molecule has 0 unspecified atom stereocenters. The van der Waals surface area contributed by atoms with E-state index in [1.54, 1.807) is 13.0 Å². The molecule has 29 heavy (non-hydrogen) atoms. The molecule has 0 atom stereocenters. The van der Waals surface area contributed by atoms with Crippen LogP contribution in [0.15, 0.2) is 28.7 Å². The average molecular weight is 413 g/mol. The van der Waals surface area contributed by atoms with Crippen molar-refractivity contribution in [2.75, 3.05) is 19.0 Å². The van der Waals surface area contributed by atoms with Crippen LogP contribution in [-0.2, 0) is 27.1 Å². The van der Waals surface area contributed by atoms with Crippen LogP contribution in [0.25, 0.3) is 11.0 Å². The van der Waals surface area contributed by atoms with Gasteiger partial charge >= 0.3 is 11.9 Å². The van der Waals surface area contributed by atoms with Gasteiger partial charge in [-0.05, 0) is 37.8 Å². The monoisotopic (exact) mass is 413 g/mol. The zero-order valence-corrected chi connectivity index (χ0v) is 16.8. The van der Waals surface area contributed by atoms with Gasteiger partial charge in [0, 0.05) is 15.8 Å². The van der Waals surface area contributed by atoms with Gasteiger partial charge in [-0.3, -0.25) is 4.79 Å².